The van der Waals surface area contributed by atoms with Gasteiger partial charge in [0.05, 0.1) is 0 Å². The Morgan fingerprint density at radius 1 is 1.33 bits per heavy atom. The van der Waals surface area contributed by atoms with Crippen LogP contribution in [0.25, 0.3) is 0 Å². The van der Waals surface area contributed by atoms with Gasteiger partial charge in [-0.2, -0.15) is 0 Å². The summed E-state index contributed by atoms with van der Waals surface area (Å²) in [5.41, 5.74) is 8.25. The van der Waals surface area contributed by atoms with Gasteiger partial charge in [0.15, 0.2) is 0 Å². The lowest BCUT2D eigenvalue weighted by atomic mass is 10.1. The van der Waals surface area contributed by atoms with Crippen molar-refractivity contribution in [3.63, 3.8) is 0 Å². The van der Waals surface area contributed by atoms with Crippen LogP contribution in [0.5, 0.6) is 0 Å². The molecule has 1 N–H and O–H groups in total. The van der Waals surface area contributed by atoms with Crippen LogP contribution >= 0.6 is 0 Å². The number of benzene rings is 1. The number of rotatable bonds is 3. The van der Waals surface area contributed by atoms with E-state index in [0.29, 0.717) is 6.42 Å². The van der Waals surface area contributed by atoms with Gasteiger partial charge in [-0.3, -0.25) is 5.73 Å². The predicted molar refractivity (Wildman–Crippen MR) is 47.1 cm³/mol. The van der Waals surface area contributed by atoms with Crippen LogP contribution in [0.4, 0.5) is 0 Å². The summed E-state index contributed by atoms with van der Waals surface area (Å²) in [6.45, 7) is 0. The molecule has 0 aliphatic carbocycles. The van der Waals surface area contributed by atoms with E-state index in [1.54, 1.807) is 5.94 Å². The lowest BCUT2D eigenvalue weighted by molar-refractivity contribution is 0.565. The molecule has 1 rings (SSSR count). The standard InChI is InChI=1S/C10H10NO/c11-10(8-12)7-6-9-4-2-1-3-5-9/h1-5,11H,6-7H2. The fraction of sp³-hybridized carbons (Fsp3) is 0.200. The van der Waals surface area contributed by atoms with Crippen molar-refractivity contribution in [2.24, 2.45) is 0 Å². The maximum atomic E-state index is 9.98. The fourth-order valence-electron chi connectivity index (χ4n) is 0.965. The molecule has 1 aromatic rings. The second-order valence-electron chi connectivity index (χ2n) is 2.57. The van der Waals surface area contributed by atoms with Crippen LogP contribution in [0.2, 0.25) is 0 Å². The first kappa shape index (κ1) is 8.57. The Morgan fingerprint density at radius 2 is 2.00 bits per heavy atom. The minimum absolute atomic E-state index is 0.0406. The Kier molecular flexibility index (Phi) is 3.12. The zero-order valence-corrected chi connectivity index (χ0v) is 6.71. The van der Waals surface area contributed by atoms with Crippen LogP contribution in [0.15, 0.2) is 36.0 Å². The quantitative estimate of drug-likeness (QED) is 0.619. The van der Waals surface area contributed by atoms with Gasteiger partial charge in [-0.05, 0) is 12.0 Å². The average Bonchev–Trinajstić information content (AvgIpc) is 2.16. The smallest absolute Gasteiger partial charge is 0.147 e. The molecule has 2 nitrogen and oxygen atoms in total. The summed E-state index contributed by atoms with van der Waals surface area (Å²) >= 11 is 0. The monoisotopic (exact) mass is 160 g/mol. The van der Waals surface area contributed by atoms with Gasteiger partial charge in [0.2, 0.25) is 0 Å². The van der Waals surface area contributed by atoms with Gasteiger partial charge in [0.25, 0.3) is 0 Å². The van der Waals surface area contributed by atoms with Crippen LogP contribution < -0.4 is 5.73 Å². The largest absolute Gasteiger partial charge is 0.294 e. The molecule has 61 valence electrons. The van der Waals surface area contributed by atoms with Crippen molar-refractivity contribution < 1.29 is 4.79 Å². The van der Waals surface area contributed by atoms with E-state index in [1.165, 1.54) is 0 Å². The number of hydrogen-bond acceptors (Lipinski definition) is 1. The molecule has 0 fully saturated rings. The number of allylic oxidation sites excluding steroid dienone is 1. The lowest BCUT2D eigenvalue weighted by Gasteiger charge is -1.97. The van der Waals surface area contributed by atoms with E-state index in [9.17, 15) is 4.79 Å². The van der Waals surface area contributed by atoms with Crippen molar-refractivity contribution in [2.75, 3.05) is 0 Å². The van der Waals surface area contributed by atoms with Gasteiger partial charge < -0.3 is 0 Å². The third-order valence-electron chi connectivity index (χ3n) is 1.63. The summed E-state index contributed by atoms with van der Waals surface area (Å²) in [4.78, 5) is 9.98. The van der Waals surface area contributed by atoms with E-state index in [0.717, 1.165) is 12.0 Å². The molecule has 0 heterocycles. The van der Waals surface area contributed by atoms with Crippen LogP contribution in [-0.2, 0) is 11.2 Å². The highest BCUT2D eigenvalue weighted by molar-refractivity contribution is 5.50. The topological polar surface area (TPSA) is 40.9 Å². The normalized spacial score (nSPS) is 9.00. The molecule has 0 aromatic heterocycles. The van der Waals surface area contributed by atoms with E-state index in [4.69, 9.17) is 5.73 Å². The van der Waals surface area contributed by atoms with Crippen molar-refractivity contribution in [3.05, 3.63) is 41.6 Å². The van der Waals surface area contributed by atoms with Crippen LogP contribution in [0.1, 0.15) is 12.0 Å². The highest BCUT2D eigenvalue weighted by atomic mass is 16.1. The Labute approximate surface area is 71.7 Å². The third-order valence-corrected chi connectivity index (χ3v) is 1.63. The summed E-state index contributed by atoms with van der Waals surface area (Å²) in [6, 6.07) is 9.81. The number of nitrogens with one attached hydrogen (secondary N) is 1. The minimum atomic E-state index is 0.0406. The summed E-state index contributed by atoms with van der Waals surface area (Å²) in [5.74, 6) is 1.57. The second-order valence-corrected chi connectivity index (χ2v) is 2.57. The first-order valence-corrected chi connectivity index (χ1v) is 3.82. The molecule has 0 atom stereocenters. The molecule has 0 unspecified atom stereocenters. The molecule has 0 amide bonds. The van der Waals surface area contributed by atoms with Crippen molar-refractivity contribution in [3.8, 4) is 0 Å². The van der Waals surface area contributed by atoms with Crippen molar-refractivity contribution >= 4 is 5.94 Å². The summed E-state index contributed by atoms with van der Waals surface area (Å²) in [5, 5.41) is 0. The van der Waals surface area contributed by atoms with Crippen LogP contribution in [-0.4, -0.2) is 5.94 Å². The molecule has 0 saturated heterocycles. The van der Waals surface area contributed by atoms with E-state index in [-0.39, 0.29) is 5.70 Å². The van der Waals surface area contributed by atoms with Gasteiger partial charge in [-0.1, -0.05) is 30.3 Å². The van der Waals surface area contributed by atoms with Gasteiger partial charge in [0.1, 0.15) is 11.6 Å². The van der Waals surface area contributed by atoms with Gasteiger partial charge in [0, 0.05) is 6.42 Å². The molecule has 0 aliphatic heterocycles. The first-order valence-electron chi connectivity index (χ1n) is 3.82. The molecule has 2 heteroatoms. The second kappa shape index (κ2) is 4.37. The summed E-state index contributed by atoms with van der Waals surface area (Å²) in [7, 11) is 0. The SMILES string of the molecule is [NH]C(=C=O)CCc1ccccc1. The lowest BCUT2D eigenvalue weighted by Crippen LogP contribution is -1.89. The Hall–Kier alpha value is -1.53. The van der Waals surface area contributed by atoms with Crippen LogP contribution in [0.3, 0.4) is 0 Å². The van der Waals surface area contributed by atoms with E-state index < -0.39 is 0 Å². The highest BCUT2D eigenvalue weighted by Gasteiger charge is 1.94. The highest BCUT2D eigenvalue weighted by Crippen LogP contribution is 2.04. The van der Waals surface area contributed by atoms with E-state index in [2.05, 4.69) is 0 Å². The molecule has 12 heavy (non-hydrogen) atoms. The van der Waals surface area contributed by atoms with Crippen molar-refractivity contribution in [1.82, 2.24) is 5.73 Å². The zero-order valence-electron chi connectivity index (χ0n) is 6.71. The van der Waals surface area contributed by atoms with Gasteiger partial charge >= 0.3 is 0 Å². The molecule has 0 spiro atoms. The average molecular weight is 160 g/mol. The molecule has 0 bridgehead atoms. The predicted octanol–water partition coefficient (Wildman–Crippen LogP) is 1.62. The summed E-state index contributed by atoms with van der Waals surface area (Å²) < 4.78 is 0. The number of aryl methyl sites for hydroxylation is 1. The third kappa shape index (κ3) is 2.60. The van der Waals surface area contributed by atoms with E-state index >= 15 is 0 Å². The maximum Gasteiger partial charge on any atom is 0.147 e. The number of hydrogen-bond donors (Lipinski definition) is 0. The molecule has 1 aromatic carbocycles. The molecule has 1 radical (unpaired) electrons. The minimum Gasteiger partial charge on any atom is -0.294 e. The molecule has 0 saturated carbocycles. The van der Waals surface area contributed by atoms with Crippen LogP contribution in [0, 0.1) is 0 Å². The summed E-state index contributed by atoms with van der Waals surface area (Å²) in [6.07, 6.45) is 1.22. The zero-order chi connectivity index (χ0) is 8.81. The Balaban J connectivity index is 2.49. The Morgan fingerprint density at radius 3 is 2.58 bits per heavy atom. The van der Waals surface area contributed by atoms with Crippen molar-refractivity contribution in [2.45, 2.75) is 12.8 Å². The number of carbonyl (C=O) groups excluding carboxylic acids is 1. The molecular formula is C10H10NO. The molecule has 0 aliphatic rings. The van der Waals surface area contributed by atoms with E-state index in [1.807, 2.05) is 30.3 Å². The fourth-order valence-corrected chi connectivity index (χ4v) is 0.965. The first-order chi connectivity index (χ1) is 5.83. The van der Waals surface area contributed by atoms with Crippen molar-refractivity contribution in [1.29, 1.82) is 0 Å². The van der Waals surface area contributed by atoms with Gasteiger partial charge in [-0.25, -0.2) is 4.79 Å². The molecular weight excluding hydrogens is 150 g/mol. The maximum absolute atomic E-state index is 9.98. The Bertz CT molecular complexity index is 286. The van der Waals surface area contributed by atoms with Gasteiger partial charge in [-0.15, -0.1) is 0 Å².